The van der Waals surface area contributed by atoms with Crippen molar-refractivity contribution in [2.24, 2.45) is 0 Å². The molecule has 0 unspecified atom stereocenters. The van der Waals surface area contributed by atoms with Crippen LogP contribution in [0.1, 0.15) is 37.8 Å². The van der Waals surface area contributed by atoms with E-state index >= 15 is 0 Å². The molecule has 5 aromatic carbocycles. The van der Waals surface area contributed by atoms with Gasteiger partial charge in [0.2, 0.25) is 0 Å². The monoisotopic (exact) mass is 634 g/mol. The summed E-state index contributed by atoms with van der Waals surface area (Å²) in [6, 6.07) is 40.4. The molecule has 0 fully saturated rings. The summed E-state index contributed by atoms with van der Waals surface area (Å²) < 4.78 is 5.16. The van der Waals surface area contributed by atoms with E-state index in [1.54, 1.807) is 0 Å². The van der Waals surface area contributed by atoms with Gasteiger partial charge in [0.05, 0.1) is 10.9 Å². The van der Waals surface area contributed by atoms with Crippen LogP contribution in [0.15, 0.2) is 145 Å². The molecule has 3 heterocycles. The van der Waals surface area contributed by atoms with Crippen molar-refractivity contribution >= 4 is 60.4 Å². The molecule has 0 spiro atoms. The van der Waals surface area contributed by atoms with Gasteiger partial charge >= 0.3 is 0 Å². The minimum absolute atomic E-state index is 0.0909. The van der Waals surface area contributed by atoms with E-state index in [0.717, 1.165) is 24.1 Å². The van der Waals surface area contributed by atoms with Gasteiger partial charge in [-0.05, 0) is 83.1 Å². The third-order valence-electron chi connectivity index (χ3n) is 10.8. The smallest absolute Gasteiger partial charge is 0.0707 e. The van der Waals surface area contributed by atoms with E-state index in [2.05, 4.69) is 157 Å². The Kier molecular flexibility index (Phi) is 5.81. The first-order chi connectivity index (χ1) is 23.5. The molecule has 3 aliphatic rings. The van der Waals surface area contributed by atoms with Gasteiger partial charge in [-0.3, -0.25) is 0 Å². The van der Waals surface area contributed by atoms with Crippen molar-refractivity contribution in [1.82, 2.24) is 4.57 Å². The summed E-state index contributed by atoms with van der Waals surface area (Å²) in [5.41, 5.74) is 12.5. The van der Waals surface area contributed by atoms with Gasteiger partial charge in [0.15, 0.2) is 0 Å². The molecule has 0 saturated carbocycles. The van der Waals surface area contributed by atoms with Gasteiger partial charge in [-0.15, -0.1) is 11.3 Å². The number of nitrogens with zero attached hydrogens (tertiary/aromatic N) is 2. The lowest BCUT2D eigenvalue weighted by atomic mass is 9.82. The van der Waals surface area contributed by atoms with Crippen LogP contribution < -0.4 is 15.5 Å². The van der Waals surface area contributed by atoms with Gasteiger partial charge in [-0.25, -0.2) is 0 Å². The van der Waals surface area contributed by atoms with Gasteiger partial charge in [0.1, 0.15) is 0 Å². The zero-order valence-electron chi connectivity index (χ0n) is 27.1. The number of anilines is 1. The maximum atomic E-state index is 4.72. The molecule has 2 nitrogen and oxygen atoms in total. The Balaban J connectivity index is 1.36. The molecule has 48 heavy (non-hydrogen) atoms. The average molecular weight is 635 g/mol. The molecule has 0 bridgehead atoms. The van der Waals surface area contributed by atoms with Crippen LogP contribution in [0.2, 0.25) is 0 Å². The highest BCUT2D eigenvalue weighted by Crippen LogP contribution is 2.49. The molecular weight excluding hydrogens is 601 g/mol. The third kappa shape index (κ3) is 3.80. The van der Waals surface area contributed by atoms with E-state index < -0.39 is 0 Å². The highest BCUT2D eigenvalue weighted by molar-refractivity contribution is 7.26. The second kappa shape index (κ2) is 10.1. The van der Waals surface area contributed by atoms with Crippen molar-refractivity contribution in [2.45, 2.75) is 32.1 Å². The fourth-order valence-electron chi connectivity index (χ4n) is 8.45. The van der Waals surface area contributed by atoms with Crippen molar-refractivity contribution in [3.05, 3.63) is 166 Å². The van der Waals surface area contributed by atoms with Crippen molar-refractivity contribution in [3.63, 3.8) is 0 Å². The Morgan fingerprint density at radius 2 is 1.54 bits per heavy atom. The van der Waals surface area contributed by atoms with Gasteiger partial charge < -0.3 is 9.47 Å². The number of rotatable bonds is 2. The quantitative estimate of drug-likeness (QED) is 0.184. The summed E-state index contributed by atoms with van der Waals surface area (Å²) in [4.78, 5) is 2.43. The fraction of sp³-hybridized carbons (Fsp3) is 0.111. The van der Waals surface area contributed by atoms with E-state index in [1.165, 1.54) is 80.9 Å². The molecule has 0 amide bonds. The maximum absolute atomic E-state index is 4.72. The first-order valence-corrected chi connectivity index (χ1v) is 17.7. The molecule has 0 saturated heterocycles. The molecule has 0 atom stereocenters. The van der Waals surface area contributed by atoms with Crippen molar-refractivity contribution < 1.29 is 0 Å². The normalized spacial score (nSPS) is 17.7. The zero-order valence-corrected chi connectivity index (χ0v) is 27.9. The average Bonchev–Trinajstić information content (AvgIpc) is 3.72. The van der Waals surface area contributed by atoms with Gasteiger partial charge in [-0.2, -0.15) is 0 Å². The Morgan fingerprint density at radius 1 is 0.750 bits per heavy atom. The first kappa shape index (κ1) is 27.7. The van der Waals surface area contributed by atoms with Gasteiger partial charge in [-0.1, -0.05) is 105 Å². The predicted octanol–water partition coefficient (Wildman–Crippen LogP) is 10.5. The highest BCUT2D eigenvalue weighted by Gasteiger charge is 2.35. The van der Waals surface area contributed by atoms with Crippen molar-refractivity contribution in [3.8, 4) is 16.8 Å². The largest absolute Gasteiger partial charge is 0.318 e. The molecular formula is C45H34N2S. The van der Waals surface area contributed by atoms with E-state index in [1.807, 2.05) is 11.3 Å². The number of hydrogen-bond acceptors (Lipinski definition) is 2. The maximum Gasteiger partial charge on any atom is 0.0707 e. The molecule has 0 radical (unpaired) electrons. The lowest BCUT2D eigenvalue weighted by molar-refractivity contribution is 0.659. The minimum atomic E-state index is -0.0909. The van der Waals surface area contributed by atoms with E-state index in [0.29, 0.717) is 0 Å². The van der Waals surface area contributed by atoms with E-state index in [-0.39, 0.29) is 5.41 Å². The molecule has 1 aliphatic heterocycles. The molecule has 7 aromatic rings. The second-order valence-electron chi connectivity index (χ2n) is 13.8. The van der Waals surface area contributed by atoms with Crippen LogP contribution in [-0.4, -0.2) is 4.57 Å². The number of para-hydroxylation sites is 1. The van der Waals surface area contributed by atoms with Gasteiger partial charge in [0.25, 0.3) is 0 Å². The highest BCUT2D eigenvalue weighted by atomic mass is 32.1. The number of allylic oxidation sites excluding steroid dienone is 5. The molecule has 0 N–H and O–H groups in total. The Bertz CT molecular complexity index is 2710. The van der Waals surface area contributed by atoms with Crippen LogP contribution in [0.3, 0.4) is 0 Å². The summed E-state index contributed by atoms with van der Waals surface area (Å²) >= 11 is 1.90. The molecule has 2 aromatic heterocycles. The fourth-order valence-corrected chi connectivity index (χ4v) is 9.71. The van der Waals surface area contributed by atoms with Crippen LogP contribution in [0.25, 0.3) is 60.2 Å². The standard InChI is InChI=1S/C45H34N2S/c1-28-25-36-41(27-46(29-13-5-4-6-14-29)39-19-11-8-15-31(28)39)47(40-24-23-35-34-17-9-12-20-42(34)48-44(35)43(36)40)30-21-22-33-32-16-7-10-18-37(32)45(2,3)38(33)26-30/h4-10,12-18,20-27H,1,11,19H2,2-3H3/b36-25+,41-27+. The minimum Gasteiger partial charge on any atom is -0.318 e. The van der Waals surface area contributed by atoms with Crippen LogP contribution >= 0.6 is 11.3 Å². The van der Waals surface area contributed by atoms with Gasteiger partial charge in [0, 0.05) is 65.0 Å². The topological polar surface area (TPSA) is 8.17 Å². The molecule has 3 heteroatoms. The number of hydrogen-bond donors (Lipinski definition) is 0. The third-order valence-corrected chi connectivity index (χ3v) is 12.0. The number of benzene rings is 5. The number of thiophene rings is 1. The lowest BCUT2D eigenvalue weighted by Crippen LogP contribution is -2.35. The first-order valence-electron chi connectivity index (χ1n) is 16.9. The van der Waals surface area contributed by atoms with E-state index in [9.17, 15) is 0 Å². The SMILES string of the molecule is C=C1/C=c2\c(n(-c3ccc4c(c3)C(C)(C)c3ccccc3-4)c3ccc4c5ccccc5sc4c23)=C/N(c2ccccc2)C2=C1C=CCC2. The summed E-state index contributed by atoms with van der Waals surface area (Å²) in [6.45, 7) is 9.45. The predicted molar refractivity (Wildman–Crippen MR) is 205 cm³/mol. The summed E-state index contributed by atoms with van der Waals surface area (Å²) in [6.07, 6.45) is 11.3. The Hall–Kier alpha value is -5.38. The van der Waals surface area contributed by atoms with Crippen LogP contribution in [0, 0.1) is 0 Å². The summed E-state index contributed by atoms with van der Waals surface area (Å²) in [5, 5.41) is 6.32. The van der Waals surface area contributed by atoms with Crippen LogP contribution in [-0.2, 0) is 5.41 Å². The Labute approximate surface area is 284 Å². The molecule has 2 aliphatic carbocycles. The van der Waals surface area contributed by atoms with Crippen molar-refractivity contribution in [1.29, 1.82) is 0 Å². The Morgan fingerprint density at radius 3 is 2.44 bits per heavy atom. The van der Waals surface area contributed by atoms with Crippen LogP contribution in [0.4, 0.5) is 5.69 Å². The lowest BCUT2D eigenvalue weighted by Gasteiger charge is -2.29. The molecule has 230 valence electrons. The number of fused-ring (bicyclic) bond motifs is 10. The number of aromatic nitrogens is 1. The summed E-state index contributed by atoms with van der Waals surface area (Å²) in [5.74, 6) is 0. The van der Waals surface area contributed by atoms with Crippen LogP contribution in [0.5, 0.6) is 0 Å². The van der Waals surface area contributed by atoms with Crippen molar-refractivity contribution in [2.75, 3.05) is 4.90 Å². The molecule has 10 rings (SSSR count). The van der Waals surface area contributed by atoms with E-state index in [4.69, 9.17) is 6.58 Å². The summed E-state index contributed by atoms with van der Waals surface area (Å²) in [7, 11) is 0. The zero-order chi connectivity index (χ0) is 32.1. The second-order valence-corrected chi connectivity index (χ2v) is 14.8.